The lowest BCUT2D eigenvalue weighted by molar-refractivity contribution is 0.341. The van der Waals surface area contributed by atoms with Crippen LogP contribution in [0, 0.1) is 0 Å². The van der Waals surface area contributed by atoms with E-state index in [1.165, 1.54) is 6.20 Å². The van der Waals surface area contributed by atoms with E-state index in [0.29, 0.717) is 36.7 Å². The first-order valence-electron chi connectivity index (χ1n) is 11.6. The summed E-state index contributed by atoms with van der Waals surface area (Å²) >= 11 is 6.37. The third-order valence-corrected chi connectivity index (χ3v) is 7.92. The van der Waals surface area contributed by atoms with Gasteiger partial charge in [0.25, 0.3) is 0 Å². The van der Waals surface area contributed by atoms with Gasteiger partial charge in [0.2, 0.25) is 5.95 Å². The number of hydrogen-bond acceptors (Lipinski definition) is 8. The lowest BCUT2D eigenvalue weighted by atomic mass is 9.98. The van der Waals surface area contributed by atoms with Gasteiger partial charge in [-0.1, -0.05) is 35.9 Å². The molecule has 0 amide bonds. The van der Waals surface area contributed by atoms with Gasteiger partial charge in [-0.25, -0.2) is 13.4 Å². The number of hydrogen-bond donors (Lipinski definition) is 3. The van der Waals surface area contributed by atoms with Gasteiger partial charge in [0.1, 0.15) is 10.8 Å². The van der Waals surface area contributed by atoms with E-state index in [1.807, 2.05) is 26.0 Å². The van der Waals surface area contributed by atoms with Crippen LogP contribution in [0.3, 0.4) is 0 Å². The molecule has 0 saturated carbocycles. The molecule has 0 fully saturated rings. The fourth-order valence-corrected chi connectivity index (χ4v) is 4.93. The Morgan fingerprint density at radius 1 is 1.19 bits per heavy atom. The highest BCUT2D eigenvalue weighted by atomic mass is 35.5. The summed E-state index contributed by atoms with van der Waals surface area (Å²) in [5.41, 5.74) is 9.79. The third kappa shape index (κ3) is 6.16. The van der Waals surface area contributed by atoms with Crippen molar-refractivity contribution in [3.05, 3.63) is 65.3 Å². The second kappa shape index (κ2) is 11.7. The Morgan fingerprint density at radius 3 is 2.56 bits per heavy atom. The van der Waals surface area contributed by atoms with Crippen LogP contribution in [-0.4, -0.2) is 36.8 Å². The van der Waals surface area contributed by atoms with Gasteiger partial charge in [-0.3, -0.25) is 0 Å². The zero-order valence-corrected chi connectivity index (χ0v) is 22.5. The zero-order valence-electron chi connectivity index (χ0n) is 20.9. The molecule has 0 saturated heterocycles. The topological polar surface area (TPSA) is 119 Å². The van der Waals surface area contributed by atoms with Gasteiger partial charge in [0.05, 0.1) is 34.3 Å². The Hall–Kier alpha value is -3.14. The number of rotatable bonds is 11. The standard InChI is InChI=1S/C26H32ClN5O3S/c1-6-35-23-14-19(16(2)3)18(11-12-28)13-22(23)31-26-29-15-20(27)25(32-26)30-21-9-7-8-10-24(21)36(33,34)17(4)5/h7-10,13-15,17H,2,6,11-12,28H2,1,3-5H3,(H2,29,30,31,32). The van der Waals surface area contributed by atoms with Crippen LogP contribution in [0.4, 0.5) is 23.1 Å². The van der Waals surface area contributed by atoms with Crippen molar-refractivity contribution in [2.24, 2.45) is 5.73 Å². The smallest absolute Gasteiger partial charge is 0.229 e. The fraction of sp³-hybridized carbons (Fsp3) is 0.308. The van der Waals surface area contributed by atoms with Gasteiger partial charge in [0, 0.05) is 0 Å². The molecule has 0 aliphatic rings. The van der Waals surface area contributed by atoms with Crippen LogP contribution < -0.4 is 21.1 Å². The number of allylic oxidation sites excluding steroid dienone is 1. The lowest BCUT2D eigenvalue weighted by Gasteiger charge is -2.18. The van der Waals surface area contributed by atoms with Crippen LogP contribution >= 0.6 is 11.6 Å². The maximum absolute atomic E-state index is 12.8. The number of aromatic nitrogens is 2. The lowest BCUT2D eigenvalue weighted by Crippen LogP contribution is -2.15. The van der Waals surface area contributed by atoms with Crippen LogP contribution in [0.15, 0.2) is 54.1 Å². The molecule has 192 valence electrons. The molecular weight excluding hydrogens is 498 g/mol. The Balaban J connectivity index is 2.01. The van der Waals surface area contributed by atoms with Crippen molar-refractivity contribution >= 4 is 50.2 Å². The van der Waals surface area contributed by atoms with Crippen molar-refractivity contribution in [2.75, 3.05) is 23.8 Å². The molecule has 0 spiro atoms. The fourth-order valence-electron chi connectivity index (χ4n) is 3.59. The second-order valence-corrected chi connectivity index (χ2v) is 11.4. The van der Waals surface area contributed by atoms with Crippen molar-refractivity contribution in [2.45, 2.75) is 44.3 Å². The van der Waals surface area contributed by atoms with E-state index in [1.54, 1.807) is 38.1 Å². The van der Waals surface area contributed by atoms with Crippen LogP contribution in [-0.2, 0) is 16.3 Å². The molecule has 4 N–H and O–H groups in total. The summed E-state index contributed by atoms with van der Waals surface area (Å²) in [6, 6.07) is 10.5. The number of nitrogens with one attached hydrogen (secondary N) is 2. The number of sulfone groups is 1. The van der Waals surface area contributed by atoms with Crippen molar-refractivity contribution in [1.29, 1.82) is 0 Å². The van der Waals surface area contributed by atoms with Gasteiger partial charge < -0.3 is 21.1 Å². The highest BCUT2D eigenvalue weighted by Gasteiger charge is 2.23. The Morgan fingerprint density at radius 2 is 1.92 bits per heavy atom. The molecule has 0 atom stereocenters. The molecule has 8 nitrogen and oxygen atoms in total. The SMILES string of the molecule is C=C(C)c1cc(OCC)c(Nc2ncc(Cl)c(Nc3ccccc3S(=O)(=O)C(C)C)n2)cc1CCN. The summed E-state index contributed by atoms with van der Waals surface area (Å²) in [6.07, 6.45) is 2.11. The minimum atomic E-state index is -3.53. The number of halogens is 1. The molecule has 3 aromatic rings. The Bertz CT molecular complexity index is 1360. The zero-order chi connectivity index (χ0) is 26.5. The quantitative estimate of drug-likeness (QED) is 0.288. The molecule has 0 unspecified atom stereocenters. The highest BCUT2D eigenvalue weighted by Crippen LogP contribution is 2.35. The van der Waals surface area contributed by atoms with Crippen molar-refractivity contribution in [3.8, 4) is 5.75 Å². The number of ether oxygens (including phenoxy) is 1. The summed E-state index contributed by atoms with van der Waals surface area (Å²) in [5, 5.41) is 5.92. The van der Waals surface area contributed by atoms with Crippen LogP contribution in [0.2, 0.25) is 5.02 Å². The van der Waals surface area contributed by atoms with E-state index in [9.17, 15) is 8.42 Å². The summed E-state index contributed by atoms with van der Waals surface area (Å²) in [7, 11) is -3.53. The molecule has 1 heterocycles. The predicted molar refractivity (Wildman–Crippen MR) is 147 cm³/mol. The number of anilines is 4. The van der Waals surface area contributed by atoms with Crippen molar-refractivity contribution in [3.63, 3.8) is 0 Å². The highest BCUT2D eigenvalue weighted by molar-refractivity contribution is 7.92. The Kier molecular flexibility index (Phi) is 8.94. The summed E-state index contributed by atoms with van der Waals surface area (Å²) in [6.45, 7) is 12.1. The molecule has 10 heteroatoms. The van der Waals surface area contributed by atoms with Crippen molar-refractivity contribution in [1.82, 2.24) is 9.97 Å². The molecule has 3 rings (SSSR count). The van der Waals surface area contributed by atoms with E-state index in [-0.39, 0.29) is 21.7 Å². The first-order chi connectivity index (χ1) is 17.1. The van der Waals surface area contributed by atoms with Crippen LogP contribution in [0.5, 0.6) is 5.75 Å². The van der Waals surface area contributed by atoms with Gasteiger partial charge in [-0.15, -0.1) is 0 Å². The van der Waals surface area contributed by atoms with E-state index >= 15 is 0 Å². The van der Waals surface area contributed by atoms with E-state index in [4.69, 9.17) is 22.1 Å². The molecule has 0 aliphatic carbocycles. The number of nitrogens with zero attached hydrogens (tertiary/aromatic N) is 2. The number of para-hydroxylation sites is 1. The molecule has 2 aromatic carbocycles. The maximum atomic E-state index is 12.8. The predicted octanol–water partition coefficient (Wildman–Crippen LogP) is 5.73. The third-order valence-electron chi connectivity index (χ3n) is 5.44. The minimum Gasteiger partial charge on any atom is -0.492 e. The molecule has 0 aliphatic heterocycles. The molecule has 0 bridgehead atoms. The minimum absolute atomic E-state index is 0.171. The van der Waals surface area contributed by atoms with Gasteiger partial charge in [-0.05, 0) is 76.1 Å². The van der Waals surface area contributed by atoms with Crippen LogP contribution in [0.1, 0.15) is 38.8 Å². The maximum Gasteiger partial charge on any atom is 0.229 e. The number of nitrogens with two attached hydrogens (primary N) is 1. The Labute approximate surface area is 217 Å². The van der Waals surface area contributed by atoms with E-state index in [2.05, 4.69) is 27.2 Å². The molecule has 36 heavy (non-hydrogen) atoms. The normalized spacial score (nSPS) is 11.4. The van der Waals surface area contributed by atoms with Gasteiger partial charge >= 0.3 is 0 Å². The van der Waals surface area contributed by atoms with E-state index < -0.39 is 15.1 Å². The van der Waals surface area contributed by atoms with Gasteiger partial charge in [0.15, 0.2) is 15.7 Å². The first kappa shape index (κ1) is 27.4. The average molecular weight is 530 g/mol. The first-order valence-corrected chi connectivity index (χ1v) is 13.6. The van der Waals surface area contributed by atoms with Crippen LogP contribution in [0.25, 0.3) is 5.57 Å². The van der Waals surface area contributed by atoms with Crippen molar-refractivity contribution < 1.29 is 13.2 Å². The summed E-state index contributed by atoms with van der Waals surface area (Å²) in [5.74, 6) is 1.14. The average Bonchev–Trinajstić information content (AvgIpc) is 2.83. The second-order valence-electron chi connectivity index (χ2n) is 8.49. The summed E-state index contributed by atoms with van der Waals surface area (Å²) in [4.78, 5) is 8.98. The van der Waals surface area contributed by atoms with Gasteiger partial charge in [-0.2, -0.15) is 4.98 Å². The molecule has 1 aromatic heterocycles. The summed E-state index contributed by atoms with van der Waals surface area (Å²) < 4.78 is 31.6. The number of benzene rings is 2. The monoisotopic (exact) mass is 529 g/mol. The largest absolute Gasteiger partial charge is 0.492 e. The molecular formula is C26H32ClN5O3S. The molecule has 0 radical (unpaired) electrons. The van der Waals surface area contributed by atoms with E-state index in [0.717, 1.165) is 16.7 Å².